The summed E-state index contributed by atoms with van der Waals surface area (Å²) in [4.78, 5) is 14.6. The highest BCUT2D eigenvalue weighted by Crippen LogP contribution is 2.28. The van der Waals surface area contributed by atoms with Gasteiger partial charge in [-0.1, -0.05) is 11.8 Å². The lowest BCUT2D eigenvalue weighted by molar-refractivity contribution is 0.0993. The second kappa shape index (κ2) is 8.13. The molecule has 0 amide bonds. The van der Waals surface area contributed by atoms with Gasteiger partial charge in [0.25, 0.3) is 0 Å². The van der Waals surface area contributed by atoms with E-state index in [2.05, 4.69) is 15.1 Å². The molecule has 0 N–H and O–H groups in total. The number of Topliss-reactive ketones (excluding diaryl/α,β-unsaturated/α-hetero) is 1. The first-order valence-electron chi connectivity index (χ1n) is 8.43. The summed E-state index contributed by atoms with van der Waals surface area (Å²) < 4.78 is 33.8. The molecule has 1 aliphatic rings. The van der Waals surface area contributed by atoms with Gasteiger partial charge < -0.3 is 9.64 Å². The zero-order chi connectivity index (χ0) is 18.7. The molecular weight excluding hydrogens is 362 g/mol. The number of aromatic nitrogens is 3. The molecule has 140 valence electrons. The second-order valence-corrected chi connectivity index (χ2v) is 7.19. The number of nitrogens with zero attached hydrogens (tertiary/aromatic N) is 4. The van der Waals surface area contributed by atoms with Gasteiger partial charge in [-0.2, -0.15) is 0 Å². The van der Waals surface area contributed by atoms with Crippen LogP contribution in [0, 0.1) is 11.6 Å². The highest BCUT2D eigenvalue weighted by atomic mass is 32.2. The van der Waals surface area contributed by atoms with Crippen molar-refractivity contribution in [2.24, 2.45) is 0 Å². The normalized spacial score (nSPS) is 15.9. The third kappa shape index (κ3) is 3.88. The Kier molecular flexibility index (Phi) is 5.87. The quantitative estimate of drug-likeness (QED) is 0.566. The van der Waals surface area contributed by atoms with E-state index in [0.29, 0.717) is 24.9 Å². The third-order valence-corrected chi connectivity index (χ3v) is 5.24. The molecule has 2 aromatic rings. The highest BCUT2D eigenvalue weighted by Gasteiger charge is 2.24. The zero-order valence-electron chi connectivity index (χ0n) is 14.6. The van der Waals surface area contributed by atoms with Crippen LogP contribution in [-0.2, 0) is 11.3 Å². The first-order valence-corrected chi connectivity index (χ1v) is 9.31. The van der Waals surface area contributed by atoms with E-state index in [4.69, 9.17) is 4.74 Å². The maximum atomic E-state index is 13.4. The van der Waals surface area contributed by atoms with Gasteiger partial charge >= 0.3 is 0 Å². The Hall–Kier alpha value is -2.00. The monoisotopic (exact) mass is 382 g/mol. The van der Waals surface area contributed by atoms with E-state index in [1.165, 1.54) is 17.8 Å². The van der Waals surface area contributed by atoms with Crippen LogP contribution in [0.15, 0.2) is 23.4 Å². The second-order valence-electron chi connectivity index (χ2n) is 5.88. The maximum absolute atomic E-state index is 13.4. The lowest BCUT2D eigenvalue weighted by Gasteiger charge is -2.27. The largest absolute Gasteiger partial charge is 0.378 e. The Morgan fingerprint density at radius 3 is 2.65 bits per heavy atom. The lowest BCUT2D eigenvalue weighted by Crippen LogP contribution is -2.38. The summed E-state index contributed by atoms with van der Waals surface area (Å²) in [5.41, 5.74) is 0.139. The number of hydrogen-bond acceptors (Lipinski definition) is 6. The third-order valence-electron chi connectivity index (χ3n) is 4.16. The topological polar surface area (TPSA) is 60.2 Å². The van der Waals surface area contributed by atoms with Gasteiger partial charge in [0, 0.05) is 25.2 Å². The predicted molar refractivity (Wildman–Crippen MR) is 94.7 cm³/mol. The van der Waals surface area contributed by atoms with Crippen LogP contribution in [0.1, 0.15) is 24.2 Å². The van der Waals surface area contributed by atoms with Crippen molar-refractivity contribution in [2.45, 2.75) is 30.8 Å². The van der Waals surface area contributed by atoms with E-state index in [1.807, 2.05) is 11.5 Å². The Morgan fingerprint density at radius 1 is 1.27 bits per heavy atom. The molecule has 0 spiro atoms. The summed E-state index contributed by atoms with van der Waals surface area (Å²) in [6.07, 6.45) is 0. The molecule has 0 bridgehead atoms. The molecule has 1 aliphatic heterocycles. The van der Waals surface area contributed by atoms with Crippen LogP contribution in [0.3, 0.4) is 0 Å². The SMILES string of the molecule is CCn1c(S[C@H](C)C(=O)c2ccc(F)c(F)c2)nnc1N1CCOCC1. The number of ketones is 1. The first-order chi connectivity index (χ1) is 12.5. The van der Waals surface area contributed by atoms with E-state index in [0.717, 1.165) is 31.2 Å². The molecule has 1 aromatic heterocycles. The number of carbonyl (C=O) groups excluding carboxylic acids is 1. The number of anilines is 1. The number of thioether (sulfide) groups is 1. The van der Waals surface area contributed by atoms with Crippen LogP contribution in [0.4, 0.5) is 14.7 Å². The highest BCUT2D eigenvalue weighted by molar-refractivity contribution is 8.00. The Labute approximate surface area is 154 Å². The number of carbonyl (C=O) groups is 1. The maximum Gasteiger partial charge on any atom is 0.228 e. The standard InChI is InChI=1S/C17H20F2N4O2S/c1-3-23-16(22-6-8-25-9-7-22)20-21-17(23)26-11(2)15(24)12-4-5-13(18)14(19)10-12/h4-5,10-11H,3,6-9H2,1-2H3/t11-/m1/s1. The molecule has 1 saturated heterocycles. The van der Waals surface area contributed by atoms with Crippen molar-refractivity contribution in [3.63, 3.8) is 0 Å². The zero-order valence-corrected chi connectivity index (χ0v) is 15.4. The Bertz CT molecular complexity index is 793. The fourth-order valence-corrected chi connectivity index (χ4v) is 3.72. The summed E-state index contributed by atoms with van der Waals surface area (Å²) in [6, 6.07) is 3.19. The smallest absolute Gasteiger partial charge is 0.228 e. The molecule has 6 nitrogen and oxygen atoms in total. The fraction of sp³-hybridized carbons (Fsp3) is 0.471. The van der Waals surface area contributed by atoms with E-state index >= 15 is 0 Å². The fourth-order valence-electron chi connectivity index (χ4n) is 2.74. The van der Waals surface area contributed by atoms with Gasteiger partial charge in [-0.3, -0.25) is 9.36 Å². The summed E-state index contributed by atoms with van der Waals surface area (Å²) in [5, 5.41) is 8.60. The van der Waals surface area contributed by atoms with Crippen molar-refractivity contribution in [3.05, 3.63) is 35.4 Å². The molecule has 9 heteroatoms. The molecule has 1 aromatic carbocycles. The summed E-state index contributed by atoms with van der Waals surface area (Å²) in [5.74, 6) is -1.53. The van der Waals surface area contributed by atoms with Crippen LogP contribution in [0.5, 0.6) is 0 Å². The number of hydrogen-bond donors (Lipinski definition) is 0. The molecule has 26 heavy (non-hydrogen) atoms. The molecule has 0 radical (unpaired) electrons. The number of rotatable bonds is 6. The molecule has 0 unspecified atom stereocenters. The Balaban J connectivity index is 1.76. The Morgan fingerprint density at radius 2 is 2.00 bits per heavy atom. The van der Waals surface area contributed by atoms with Gasteiger partial charge in [0.2, 0.25) is 5.95 Å². The van der Waals surface area contributed by atoms with Crippen molar-refractivity contribution in [2.75, 3.05) is 31.2 Å². The van der Waals surface area contributed by atoms with Crippen molar-refractivity contribution >= 4 is 23.5 Å². The summed E-state index contributed by atoms with van der Waals surface area (Å²) >= 11 is 1.26. The van der Waals surface area contributed by atoms with Gasteiger partial charge in [-0.15, -0.1) is 10.2 Å². The molecule has 0 saturated carbocycles. The van der Waals surface area contributed by atoms with Crippen molar-refractivity contribution in [3.8, 4) is 0 Å². The lowest BCUT2D eigenvalue weighted by atomic mass is 10.1. The van der Waals surface area contributed by atoms with Gasteiger partial charge in [-0.05, 0) is 32.0 Å². The minimum atomic E-state index is -1.03. The first kappa shape index (κ1) is 18.8. The molecule has 1 fully saturated rings. The van der Waals surface area contributed by atoms with Crippen molar-refractivity contribution in [1.29, 1.82) is 0 Å². The molecule has 1 atom stereocenters. The van der Waals surface area contributed by atoms with Crippen molar-refractivity contribution in [1.82, 2.24) is 14.8 Å². The number of halogens is 2. The van der Waals surface area contributed by atoms with Crippen LogP contribution in [-0.4, -0.2) is 52.1 Å². The van der Waals surface area contributed by atoms with Crippen LogP contribution < -0.4 is 4.90 Å². The summed E-state index contributed by atoms with van der Waals surface area (Å²) in [6.45, 7) is 7.14. The average molecular weight is 382 g/mol. The van der Waals surface area contributed by atoms with Gasteiger partial charge in [0.1, 0.15) is 0 Å². The predicted octanol–water partition coefficient (Wildman–Crippen LogP) is 2.78. The molecule has 3 rings (SSSR count). The van der Waals surface area contributed by atoms with Gasteiger partial charge in [0.05, 0.1) is 18.5 Å². The van der Waals surface area contributed by atoms with E-state index in [-0.39, 0.29) is 11.3 Å². The number of morpholine rings is 1. The minimum Gasteiger partial charge on any atom is -0.378 e. The van der Waals surface area contributed by atoms with E-state index < -0.39 is 16.9 Å². The van der Waals surface area contributed by atoms with Gasteiger partial charge in [-0.25, -0.2) is 8.78 Å². The molecule has 2 heterocycles. The van der Waals surface area contributed by atoms with Crippen LogP contribution in [0.2, 0.25) is 0 Å². The molecule has 0 aliphatic carbocycles. The summed E-state index contributed by atoms with van der Waals surface area (Å²) in [7, 11) is 0. The minimum absolute atomic E-state index is 0.139. The van der Waals surface area contributed by atoms with Crippen LogP contribution in [0.25, 0.3) is 0 Å². The van der Waals surface area contributed by atoms with Crippen LogP contribution >= 0.6 is 11.8 Å². The number of ether oxygens (including phenoxy) is 1. The van der Waals surface area contributed by atoms with E-state index in [1.54, 1.807) is 6.92 Å². The van der Waals surface area contributed by atoms with Gasteiger partial charge in [0.15, 0.2) is 22.6 Å². The average Bonchev–Trinajstić information content (AvgIpc) is 3.06. The molecular formula is C17H20F2N4O2S. The number of benzene rings is 1. The van der Waals surface area contributed by atoms with E-state index in [9.17, 15) is 13.6 Å². The van der Waals surface area contributed by atoms with Crippen molar-refractivity contribution < 1.29 is 18.3 Å².